The van der Waals surface area contributed by atoms with Gasteiger partial charge in [0.2, 0.25) is 6.04 Å². The van der Waals surface area contributed by atoms with E-state index in [0.29, 0.717) is 5.69 Å². The summed E-state index contributed by atoms with van der Waals surface area (Å²) in [6, 6.07) is -0.916. The van der Waals surface area contributed by atoms with E-state index in [4.69, 9.17) is 0 Å². The van der Waals surface area contributed by atoms with Crippen molar-refractivity contribution in [2.24, 2.45) is 11.3 Å². The number of nitrogens with one attached hydrogen (secondary N) is 1. The van der Waals surface area contributed by atoms with Crippen molar-refractivity contribution in [2.75, 3.05) is 0 Å². The van der Waals surface area contributed by atoms with E-state index in [-0.39, 0.29) is 11.0 Å². The average Bonchev–Trinajstić information content (AvgIpc) is 3.01. The summed E-state index contributed by atoms with van der Waals surface area (Å²) in [7, 11) is 0. The maximum absolute atomic E-state index is 11.8. The fourth-order valence-corrected chi connectivity index (χ4v) is 3.55. The standard InChI is InChI=1S/C15H24N4O4/c1-8(2)18-9(6-7-16-18)11-13(19(22)23)10(15(3,4)5)12(17-11)14(20)21/h6-8,10-13,17H,1-5H3,(H,20,21). The highest BCUT2D eigenvalue weighted by atomic mass is 16.6. The first kappa shape index (κ1) is 17.4. The van der Waals surface area contributed by atoms with E-state index in [0.717, 1.165) is 0 Å². The molecule has 2 heterocycles. The molecule has 4 atom stereocenters. The normalized spacial score (nSPS) is 28.3. The summed E-state index contributed by atoms with van der Waals surface area (Å²) in [5, 5.41) is 28.5. The fraction of sp³-hybridized carbons (Fsp3) is 0.733. The van der Waals surface area contributed by atoms with Gasteiger partial charge in [-0.25, -0.2) is 0 Å². The molecule has 1 aromatic heterocycles. The summed E-state index contributed by atoms with van der Waals surface area (Å²) in [6.45, 7) is 9.39. The van der Waals surface area contributed by atoms with Gasteiger partial charge >= 0.3 is 5.97 Å². The van der Waals surface area contributed by atoms with Crippen LogP contribution < -0.4 is 5.32 Å². The van der Waals surface area contributed by atoms with Crippen LogP contribution in [0.15, 0.2) is 12.3 Å². The molecule has 128 valence electrons. The van der Waals surface area contributed by atoms with Crippen molar-refractivity contribution >= 4 is 5.97 Å². The molecule has 0 aliphatic carbocycles. The lowest BCUT2D eigenvalue weighted by Gasteiger charge is -2.30. The fourth-order valence-electron chi connectivity index (χ4n) is 3.55. The van der Waals surface area contributed by atoms with Crippen molar-refractivity contribution in [3.8, 4) is 0 Å². The van der Waals surface area contributed by atoms with Gasteiger partial charge in [0.05, 0.1) is 11.6 Å². The Balaban J connectivity index is 2.53. The van der Waals surface area contributed by atoms with Crippen LogP contribution in [-0.4, -0.2) is 37.9 Å². The van der Waals surface area contributed by atoms with E-state index in [1.54, 1.807) is 16.9 Å². The van der Waals surface area contributed by atoms with Crippen molar-refractivity contribution in [3.05, 3.63) is 28.1 Å². The van der Waals surface area contributed by atoms with Crippen LogP contribution >= 0.6 is 0 Å². The largest absolute Gasteiger partial charge is 0.480 e. The Morgan fingerprint density at radius 1 is 1.48 bits per heavy atom. The first-order valence-electron chi connectivity index (χ1n) is 7.71. The van der Waals surface area contributed by atoms with Gasteiger partial charge in [0.15, 0.2) is 0 Å². The third-order valence-corrected chi connectivity index (χ3v) is 4.45. The molecular weight excluding hydrogens is 300 g/mol. The quantitative estimate of drug-likeness (QED) is 0.646. The molecule has 1 fully saturated rings. The Morgan fingerprint density at radius 3 is 2.52 bits per heavy atom. The molecule has 0 amide bonds. The Labute approximate surface area is 135 Å². The molecule has 0 saturated carbocycles. The zero-order valence-corrected chi connectivity index (χ0v) is 14.1. The Bertz CT molecular complexity index is 605. The summed E-state index contributed by atoms with van der Waals surface area (Å²) in [5.41, 5.74) is 0.130. The summed E-state index contributed by atoms with van der Waals surface area (Å²) in [6.07, 6.45) is 1.59. The van der Waals surface area contributed by atoms with Crippen LogP contribution in [0.1, 0.15) is 52.4 Å². The van der Waals surface area contributed by atoms with E-state index >= 15 is 0 Å². The number of nitrogens with zero attached hydrogens (tertiary/aromatic N) is 3. The van der Waals surface area contributed by atoms with Crippen LogP contribution in [0.2, 0.25) is 0 Å². The zero-order valence-electron chi connectivity index (χ0n) is 14.1. The van der Waals surface area contributed by atoms with E-state index in [1.165, 1.54) is 0 Å². The highest BCUT2D eigenvalue weighted by molar-refractivity contribution is 5.75. The molecular formula is C15H24N4O4. The Kier molecular flexibility index (Phi) is 4.48. The number of nitro groups is 1. The number of rotatable bonds is 4. The molecule has 1 saturated heterocycles. The summed E-state index contributed by atoms with van der Waals surface area (Å²) in [5.74, 6) is -1.69. The number of aromatic nitrogens is 2. The van der Waals surface area contributed by atoms with Crippen molar-refractivity contribution < 1.29 is 14.8 Å². The summed E-state index contributed by atoms with van der Waals surface area (Å²) >= 11 is 0. The number of hydrogen-bond acceptors (Lipinski definition) is 5. The second-order valence-corrected chi connectivity index (χ2v) is 7.42. The third-order valence-electron chi connectivity index (χ3n) is 4.45. The molecule has 0 bridgehead atoms. The molecule has 4 unspecified atom stereocenters. The van der Waals surface area contributed by atoms with Crippen LogP contribution in [0, 0.1) is 21.4 Å². The lowest BCUT2D eigenvalue weighted by atomic mass is 9.73. The van der Waals surface area contributed by atoms with Crippen LogP contribution in [0.5, 0.6) is 0 Å². The minimum absolute atomic E-state index is 0.0335. The molecule has 23 heavy (non-hydrogen) atoms. The van der Waals surface area contributed by atoms with Crippen LogP contribution in [0.25, 0.3) is 0 Å². The molecule has 1 aliphatic rings. The van der Waals surface area contributed by atoms with Crippen LogP contribution in [0.4, 0.5) is 0 Å². The molecule has 1 aliphatic heterocycles. The minimum Gasteiger partial charge on any atom is -0.480 e. The van der Waals surface area contributed by atoms with Crippen LogP contribution in [0.3, 0.4) is 0 Å². The molecule has 0 spiro atoms. The van der Waals surface area contributed by atoms with Gasteiger partial charge in [-0.3, -0.25) is 24.9 Å². The lowest BCUT2D eigenvalue weighted by Crippen LogP contribution is -2.44. The third kappa shape index (κ3) is 3.08. The molecule has 2 rings (SSSR count). The van der Waals surface area contributed by atoms with Gasteiger partial charge < -0.3 is 5.11 Å². The van der Waals surface area contributed by atoms with Gasteiger partial charge in [-0.2, -0.15) is 5.10 Å². The SMILES string of the molecule is CC(C)n1nccc1C1NC(C(=O)O)C(C(C)(C)C)C1[N+](=O)[O-]. The van der Waals surface area contributed by atoms with E-state index in [9.17, 15) is 20.0 Å². The molecule has 8 nitrogen and oxygen atoms in total. The number of carboxylic acids is 1. The predicted molar refractivity (Wildman–Crippen MR) is 83.6 cm³/mol. The number of carbonyl (C=O) groups is 1. The maximum Gasteiger partial charge on any atom is 0.321 e. The highest BCUT2D eigenvalue weighted by Gasteiger charge is 2.58. The molecule has 1 aromatic rings. The van der Waals surface area contributed by atoms with Gasteiger partial charge in [-0.15, -0.1) is 0 Å². The Morgan fingerprint density at radius 2 is 2.09 bits per heavy atom. The van der Waals surface area contributed by atoms with Gasteiger partial charge in [-0.1, -0.05) is 20.8 Å². The van der Waals surface area contributed by atoms with Gasteiger partial charge in [0.1, 0.15) is 12.1 Å². The molecule has 8 heteroatoms. The van der Waals surface area contributed by atoms with E-state index < -0.39 is 35.4 Å². The van der Waals surface area contributed by atoms with Crippen molar-refractivity contribution in [2.45, 2.75) is 58.8 Å². The lowest BCUT2D eigenvalue weighted by molar-refractivity contribution is -0.535. The zero-order chi connectivity index (χ0) is 17.5. The van der Waals surface area contributed by atoms with Crippen molar-refractivity contribution in [3.63, 3.8) is 0 Å². The molecule has 0 aromatic carbocycles. The Hall–Kier alpha value is -1.96. The van der Waals surface area contributed by atoms with Gasteiger partial charge in [-0.05, 0) is 25.3 Å². The van der Waals surface area contributed by atoms with Crippen molar-refractivity contribution in [1.82, 2.24) is 15.1 Å². The number of aliphatic carboxylic acids is 1. The smallest absolute Gasteiger partial charge is 0.321 e. The van der Waals surface area contributed by atoms with Crippen LogP contribution in [-0.2, 0) is 4.79 Å². The second-order valence-electron chi connectivity index (χ2n) is 7.42. The van der Waals surface area contributed by atoms with Gasteiger partial charge in [0, 0.05) is 17.2 Å². The van der Waals surface area contributed by atoms with Gasteiger partial charge in [0.25, 0.3) is 0 Å². The minimum atomic E-state index is -1.06. The molecule has 2 N–H and O–H groups in total. The first-order valence-corrected chi connectivity index (χ1v) is 7.71. The number of carboxylic acid groups (broad SMARTS) is 1. The second kappa shape index (κ2) is 5.92. The van der Waals surface area contributed by atoms with Crippen molar-refractivity contribution in [1.29, 1.82) is 0 Å². The highest BCUT2D eigenvalue weighted by Crippen LogP contribution is 2.43. The predicted octanol–water partition coefficient (Wildman–Crippen LogP) is 1.87. The first-order chi connectivity index (χ1) is 10.6. The summed E-state index contributed by atoms with van der Waals surface area (Å²) in [4.78, 5) is 23.1. The van der Waals surface area contributed by atoms with E-state index in [2.05, 4.69) is 10.4 Å². The van der Waals surface area contributed by atoms with E-state index in [1.807, 2.05) is 34.6 Å². The maximum atomic E-state index is 11.8. The topological polar surface area (TPSA) is 110 Å². The molecule has 0 radical (unpaired) electrons. The summed E-state index contributed by atoms with van der Waals surface area (Å²) < 4.78 is 1.71. The monoisotopic (exact) mass is 324 g/mol. The average molecular weight is 324 g/mol. The number of hydrogen-bond donors (Lipinski definition) is 2.